The first-order chi connectivity index (χ1) is 16.1. The van der Waals surface area contributed by atoms with Crippen LogP contribution in [0.15, 0.2) is 18.2 Å². The van der Waals surface area contributed by atoms with E-state index in [-0.39, 0.29) is 30.4 Å². The third-order valence-corrected chi connectivity index (χ3v) is 7.08. The molecule has 1 aliphatic carbocycles. The Kier molecular flexibility index (Phi) is 8.61. The normalized spacial score (nSPS) is 18.1. The van der Waals surface area contributed by atoms with E-state index in [1.165, 1.54) is 6.07 Å². The number of amides is 4. The van der Waals surface area contributed by atoms with Crippen molar-refractivity contribution in [1.29, 1.82) is 0 Å². The van der Waals surface area contributed by atoms with Crippen LogP contribution in [0.5, 0.6) is 5.75 Å². The van der Waals surface area contributed by atoms with Crippen molar-refractivity contribution in [3.8, 4) is 5.75 Å². The highest BCUT2D eigenvalue weighted by Gasteiger charge is 2.33. The molecule has 1 saturated heterocycles. The zero-order valence-electron chi connectivity index (χ0n) is 19.2. The third kappa shape index (κ3) is 7.47. The van der Waals surface area contributed by atoms with E-state index in [1.807, 2.05) is 24.5 Å². The van der Waals surface area contributed by atoms with Gasteiger partial charge >= 0.3 is 6.03 Å². The molecule has 1 aromatic carbocycles. The number of halogens is 1. The van der Waals surface area contributed by atoms with Crippen LogP contribution in [0.2, 0.25) is 0 Å². The summed E-state index contributed by atoms with van der Waals surface area (Å²) in [7, 11) is -3.66. The molecule has 1 saturated carbocycles. The Morgan fingerprint density at radius 2 is 1.79 bits per heavy atom. The molecule has 3 rings (SSSR count). The Balaban J connectivity index is 1.50. The lowest BCUT2D eigenvalue weighted by Crippen LogP contribution is -2.63. The number of ether oxygens (including phenoxy) is 1. The number of nitrogens with one attached hydrogen (secondary N) is 4. The van der Waals surface area contributed by atoms with Gasteiger partial charge in [0.15, 0.2) is 17.6 Å². The minimum absolute atomic E-state index is 0.0933. The minimum Gasteiger partial charge on any atom is -0.490 e. The number of carbonyl (C=O) groups is 3. The molecular weight excluding hydrogens is 467 g/mol. The van der Waals surface area contributed by atoms with Gasteiger partial charge in [-0.05, 0) is 61.8 Å². The Hall–Kier alpha value is -2.57. The average Bonchev–Trinajstić information content (AvgIpc) is 3.57. The zero-order valence-corrected chi connectivity index (χ0v) is 20.0. The molecule has 34 heavy (non-hydrogen) atoms. The maximum atomic E-state index is 14.1. The Bertz CT molecular complexity index is 1010. The number of barbiturate groups is 1. The number of imide groups is 2. The summed E-state index contributed by atoms with van der Waals surface area (Å²) in [5, 5.41) is 6.68. The molecule has 0 radical (unpaired) electrons. The number of urea groups is 1. The zero-order chi connectivity index (χ0) is 24.9. The summed E-state index contributed by atoms with van der Waals surface area (Å²) >= 11 is 0. The topological polar surface area (TPSA) is 143 Å². The van der Waals surface area contributed by atoms with Gasteiger partial charge in [0.05, 0.1) is 12.4 Å². The lowest BCUT2D eigenvalue weighted by Gasteiger charge is -2.24. The van der Waals surface area contributed by atoms with Gasteiger partial charge in [-0.25, -0.2) is 22.3 Å². The molecule has 4 amide bonds. The maximum absolute atomic E-state index is 14.1. The fourth-order valence-corrected chi connectivity index (χ4v) is 5.02. The van der Waals surface area contributed by atoms with Crippen molar-refractivity contribution in [3.05, 3.63) is 29.6 Å². The van der Waals surface area contributed by atoms with E-state index < -0.39 is 45.8 Å². The van der Waals surface area contributed by atoms with Crippen LogP contribution >= 0.6 is 0 Å². The van der Waals surface area contributed by atoms with E-state index in [9.17, 15) is 27.2 Å². The summed E-state index contributed by atoms with van der Waals surface area (Å²) in [6, 6.07) is 1.78. The van der Waals surface area contributed by atoms with Gasteiger partial charge < -0.3 is 4.74 Å². The van der Waals surface area contributed by atoms with E-state index in [0.717, 1.165) is 12.8 Å². The van der Waals surface area contributed by atoms with Crippen molar-refractivity contribution in [1.82, 2.24) is 20.7 Å². The molecule has 2 aliphatic rings. The lowest BCUT2D eigenvalue weighted by molar-refractivity contribution is -0.133. The first kappa shape index (κ1) is 26.0. The van der Waals surface area contributed by atoms with Gasteiger partial charge in [-0.3, -0.25) is 25.5 Å². The number of rotatable bonds is 13. The van der Waals surface area contributed by atoms with E-state index in [0.29, 0.717) is 24.5 Å². The quantitative estimate of drug-likeness (QED) is 0.237. The predicted molar refractivity (Wildman–Crippen MR) is 122 cm³/mol. The van der Waals surface area contributed by atoms with Gasteiger partial charge in [0, 0.05) is 6.04 Å². The maximum Gasteiger partial charge on any atom is 0.328 e. The van der Waals surface area contributed by atoms with Gasteiger partial charge in [0.1, 0.15) is 0 Å². The van der Waals surface area contributed by atoms with Gasteiger partial charge in [-0.15, -0.1) is 0 Å². The van der Waals surface area contributed by atoms with Crippen LogP contribution in [-0.4, -0.2) is 51.2 Å². The summed E-state index contributed by atoms with van der Waals surface area (Å²) in [6.45, 7) is 4.40. The third-order valence-electron chi connectivity index (χ3n) is 5.65. The molecule has 1 aromatic rings. The highest BCUT2D eigenvalue weighted by Crippen LogP contribution is 2.32. The smallest absolute Gasteiger partial charge is 0.328 e. The highest BCUT2D eigenvalue weighted by atomic mass is 32.2. The fourth-order valence-electron chi connectivity index (χ4n) is 3.52. The van der Waals surface area contributed by atoms with Crippen molar-refractivity contribution in [3.63, 3.8) is 0 Å². The summed E-state index contributed by atoms with van der Waals surface area (Å²) in [4.78, 5) is 34.4. The molecule has 1 atom stereocenters. The Labute approximate surface area is 198 Å². The lowest BCUT2D eigenvalue weighted by atomic mass is 9.97. The largest absolute Gasteiger partial charge is 0.490 e. The summed E-state index contributed by atoms with van der Waals surface area (Å²) in [5.74, 6) is -1.65. The number of benzene rings is 1. The second-order valence-corrected chi connectivity index (χ2v) is 10.9. The minimum atomic E-state index is -3.66. The number of carbonyl (C=O) groups excluding carboxylic acids is 3. The number of sulfonamides is 1. The van der Waals surface area contributed by atoms with Crippen molar-refractivity contribution in [2.45, 2.75) is 51.6 Å². The molecule has 10 nitrogen and oxygen atoms in total. The molecule has 1 aliphatic heterocycles. The van der Waals surface area contributed by atoms with Crippen LogP contribution in [-0.2, 0) is 19.6 Å². The molecule has 1 unspecified atom stereocenters. The molecule has 0 aromatic heterocycles. The molecule has 0 bridgehead atoms. The monoisotopic (exact) mass is 498 g/mol. The SMILES string of the molecule is CC(C)C(NS(=O)(=O)CCCCNC1C(=O)NC(=O)NC1=O)c1ccc(F)c(OCC2CC2)c1. The van der Waals surface area contributed by atoms with Crippen molar-refractivity contribution in [2.24, 2.45) is 11.8 Å². The van der Waals surface area contributed by atoms with Crippen LogP contribution in [0, 0.1) is 17.7 Å². The van der Waals surface area contributed by atoms with E-state index in [4.69, 9.17) is 4.74 Å². The van der Waals surface area contributed by atoms with Gasteiger partial charge in [0.25, 0.3) is 11.8 Å². The van der Waals surface area contributed by atoms with Gasteiger partial charge in [-0.1, -0.05) is 19.9 Å². The second-order valence-electron chi connectivity index (χ2n) is 9.00. The molecule has 0 spiro atoms. The van der Waals surface area contributed by atoms with Crippen LogP contribution < -0.4 is 25.4 Å². The number of unbranched alkanes of at least 4 members (excludes halogenated alkanes) is 1. The first-order valence-corrected chi connectivity index (χ1v) is 13.0. The molecule has 4 N–H and O–H groups in total. The van der Waals surface area contributed by atoms with E-state index >= 15 is 0 Å². The summed E-state index contributed by atoms with van der Waals surface area (Å²) in [6.07, 6.45) is 2.81. The second kappa shape index (κ2) is 11.2. The van der Waals surface area contributed by atoms with Crippen LogP contribution in [0.4, 0.5) is 9.18 Å². The molecule has 1 heterocycles. The van der Waals surface area contributed by atoms with Gasteiger partial charge in [0.2, 0.25) is 10.0 Å². The van der Waals surface area contributed by atoms with Crippen LogP contribution in [0.1, 0.15) is 51.1 Å². The van der Waals surface area contributed by atoms with E-state index in [2.05, 4.69) is 10.0 Å². The van der Waals surface area contributed by atoms with Crippen molar-refractivity contribution in [2.75, 3.05) is 18.9 Å². The predicted octanol–water partition coefficient (Wildman–Crippen LogP) is 1.34. The van der Waals surface area contributed by atoms with Crippen LogP contribution in [0.25, 0.3) is 0 Å². The summed E-state index contributed by atoms with van der Waals surface area (Å²) in [5.41, 5.74) is 0.622. The highest BCUT2D eigenvalue weighted by molar-refractivity contribution is 7.89. The standard InChI is InChI=1S/C22H31FN4O6S/c1-13(2)18(15-7-8-16(23)17(11-15)33-12-14-5-6-14)27-34(31,32)10-4-3-9-24-19-20(28)25-22(30)26-21(19)29/h7-8,11,13-14,18-19,24,27H,3-6,9-10,12H2,1-2H3,(H2,25,26,28,29,30). The van der Waals surface area contributed by atoms with Crippen molar-refractivity contribution >= 4 is 27.9 Å². The first-order valence-electron chi connectivity index (χ1n) is 11.4. The number of hydrogen-bond donors (Lipinski definition) is 4. The molecule has 12 heteroatoms. The van der Waals surface area contributed by atoms with Gasteiger partial charge in [-0.2, -0.15) is 0 Å². The summed E-state index contributed by atoms with van der Waals surface area (Å²) < 4.78 is 47.8. The average molecular weight is 499 g/mol. The van der Waals surface area contributed by atoms with Crippen molar-refractivity contribution < 1.29 is 31.9 Å². The Morgan fingerprint density at radius 3 is 2.41 bits per heavy atom. The fraction of sp³-hybridized carbons (Fsp3) is 0.591. The molecule has 2 fully saturated rings. The Morgan fingerprint density at radius 1 is 1.12 bits per heavy atom. The van der Waals surface area contributed by atoms with E-state index in [1.54, 1.807) is 12.1 Å². The van der Waals surface area contributed by atoms with Crippen LogP contribution in [0.3, 0.4) is 0 Å². The molecular formula is C22H31FN4O6S. The molecule has 188 valence electrons. The number of hydrogen-bond acceptors (Lipinski definition) is 7.